The molecule has 0 radical (unpaired) electrons. The Balaban J connectivity index is 3.51. The third-order valence-corrected chi connectivity index (χ3v) is 2.86. The second-order valence-electron chi connectivity index (χ2n) is 5.43. The van der Waals surface area contributed by atoms with Crippen molar-refractivity contribution < 1.29 is 9.15 Å². The first-order valence-electron chi connectivity index (χ1n) is 7.34. The zero-order chi connectivity index (χ0) is 15.8. The highest BCUT2D eigenvalue weighted by molar-refractivity contribution is 5.36. The minimum atomic E-state index is -0.555. The normalized spacial score (nSPS) is 10.3. The predicted octanol–water partition coefficient (Wildman–Crippen LogP) is 3.64. The predicted molar refractivity (Wildman–Crippen MR) is 86.1 cm³/mol. The molecule has 0 spiro atoms. The average molecular weight is 291 g/mol. The largest absolute Gasteiger partial charge is 0.489 e. The molecule has 0 bridgehead atoms. The zero-order valence-electron chi connectivity index (χ0n) is 13.3. The van der Waals surface area contributed by atoms with Crippen LogP contribution in [-0.4, -0.2) is 6.61 Å². The summed E-state index contributed by atoms with van der Waals surface area (Å²) in [5.41, 5.74) is 6.18. The smallest absolute Gasteiger partial charge is 0.359 e. The van der Waals surface area contributed by atoms with Crippen LogP contribution in [0.1, 0.15) is 38.5 Å². The number of anilines is 1. The van der Waals surface area contributed by atoms with E-state index in [1.54, 1.807) is 13.0 Å². The second kappa shape index (κ2) is 8.35. The lowest BCUT2D eigenvalue weighted by Crippen LogP contribution is -2.08. The molecular weight excluding hydrogens is 266 g/mol. The maximum atomic E-state index is 11.8. The molecule has 0 aliphatic carbocycles. The van der Waals surface area contributed by atoms with Gasteiger partial charge in [-0.25, -0.2) is 4.79 Å². The Labute approximate surface area is 126 Å². The fourth-order valence-corrected chi connectivity index (χ4v) is 1.86. The highest BCUT2D eigenvalue weighted by Crippen LogP contribution is 2.22. The van der Waals surface area contributed by atoms with Gasteiger partial charge in [0.05, 0.1) is 6.61 Å². The van der Waals surface area contributed by atoms with Gasteiger partial charge in [0.2, 0.25) is 0 Å². The van der Waals surface area contributed by atoms with E-state index in [4.69, 9.17) is 14.9 Å². The van der Waals surface area contributed by atoms with Crippen molar-refractivity contribution >= 4 is 5.69 Å². The molecule has 0 aromatic carbocycles. The molecule has 2 N–H and O–H groups in total. The molecule has 1 aromatic rings. The van der Waals surface area contributed by atoms with E-state index in [1.165, 1.54) is 6.07 Å². The summed E-state index contributed by atoms with van der Waals surface area (Å²) in [5, 5.41) is 0. The van der Waals surface area contributed by atoms with Crippen molar-refractivity contribution in [3.63, 3.8) is 0 Å². The van der Waals surface area contributed by atoms with Gasteiger partial charge in [-0.3, -0.25) is 0 Å². The van der Waals surface area contributed by atoms with Crippen molar-refractivity contribution in [2.45, 2.75) is 40.5 Å². The van der Waals surface area contributed by atoms with Crippen molar-refractivity contribution in [3.8, 4) is 5.75 Å². The van der Waals surface area contributed by atoms with Gasteiger partial charge >= 0.3 is 5.63 Å². The minimum absolute atomic E-state index is 0.0705. The van der Waals surface area contributed by atoms with E-state index in [0.717, 1.165) is 18.4 Å². The average Bonchev–Trinajstić information content (AvgIpc) is 2.41. The number of rotatable bonds is 5. The fourth-order valence-electron chi connectivity index (χ4n) is 1.86. The molecule has 4 heteroatoms. The Kier molecular flexibility index (Phi) is 6.79. The molecule has 4 nitrogen and oxygen atoms in total. The molecule has 1 rings (SSSR count). The lowest BCUT2D eigenvalue weighted by atomic mass is 10.1. The van der Waals surface area contributed by atoms with Crippen molar-refractivity contribution in [2.24, 2.45) is 5.92 Å². The quantitative estimate of drug-likeness (QED) is 0.899. The standard InChI is InChI=1S/C17H25NO3/c1-5-8-14-9-6-7-10-15(18)17(19)21-13(4)16(14)20-11-12(2)3/h6-7,9-10,12H,5,8,11,18H2,1-4H3. The summed E-state index contributed by atoms with van der Waals surface area (Å²) in [5.74, 6) is 1.48. The van der Waals surface area contributed by atoms with Gasteiger partial charge in [0.25, 0.3) is 0 Å². The fraction of sp³-hybridized carbons (Fsp3) is 0.471. The molecule has 0 saturated heterocycles. The molecule has 1 heterocycles. The van der Waals surface area contributed by atoms with Crippen LogP contribution in [0.25, 0.3) is 0 Å². The first-order chi connectivity index (χ1) is 9.95. The number of nitrogen functional groups attached to an aromatic ring is 1. The van der Waals surface area contributed by atoms with Crippen molar-refractivity contribution in [1.29, 1.82) is 0 Å². The van der Waals surface area contributed by atoms with Crippen LogP contribution in [0.15, 0.2) is 33.5 Å². The van der Waals surface area contributed by atoms with Crippen LogP contribution in [0, 0.1) is 12.8 Å². The van der Waals surface area contributed by atoms with Gasteiger partial charge in [-0.05, 0) is 30.9 Å². The third kappa shape index (κ3) is 5.50. The molecular formula is C17H25NO3. The van der Waals surface area contributed by atoms with Crippen molar-refractivity contribution in [3.05, 3.63) is 46.0 Å². The molecule has 0 unspecified atom stereocenters. The van der Waals surface area contributed by atoms with E-state index in [-0.39, 0.29) is 5.69 Å². The first-order valence-corrected chi connectivity index (χ1v) is 7.34. The number of hydrogen-bond donors (Lipinski definition) is 1. The number of aryl methyl sites for hydroxylation is 2. The number of nitrogens with two attached hydrogens (primary N) is 1. The summed E-state index contributed by atoms with van der Waals surface area (Å²) in [4.78, 5) is 11.8. The molecule has 1 aromatic heterocycles. The molecule has 116 valence electrons. The van der Waals surface area contributed by atoms with Crippen LogP contribution < -0.4 is 16.1 Å². The van der Waals surface area contributed by atoms with E-state index in [2.05, 4.69) is 20.8 Å². The zero-order valence-corrected chi connectivity index (χ0v) is 13.3. The molecule has 0 aliphatic heterocycles. The van der Waals surface area contributed by atoms with Crippen LogP contribution in [-0.2, 0) is 6.42 Å². The van der Waals surface area contributed by atoms with E-state index < -0.39 is 5.63 Å². The van der Waals surface area contributed by atoms with Crippen molar-refractivity contribution in [1.82, 2.24) is 0 Å². The maximum Gasteiger partial charge on any atom is 0.359 e. The minimum Gasteiger partial charge on any atom is -0.489 e. The maximum absolute atomic E-state index is 11.8. The summed E-state index contributed by atoms with van der Waals surface area (Å²) in [6.45, 7) is 8.55. The Morgan fingerprint density at radius 1 is 1.29 bits per heavy atom. The van der Waals surface area contributed by atoms with Crippen molar-refractivity contribution in [2.75, 3.05) is 12.3 Å². The first kappa shape index (κ1) is 17.1. The van der Waals surface area contributed by atoms with Gasteiger partial charge in [-0.2, -0.15) is 0 Å². The Morgan fingerprint density at radius 2 is 1.95 bits per heavy atom. The van der Waals surface area contributed by atoms with Crippen LogP contribution in [0.5, 0.6) is 5.75 Å². The molecule has 21 heavy (non-hydrogen) atoms. The topological polar surface area (TPSA) is 65.5 Å². The van der Waals surface area contributed by atoms with E-state index in [1.807, 2.05) is 12.1 Å². The van der Waals surface area contributed by atoms with E-state index in [9.17, 15) is 4.79 Å². The number of hydrogen-bond acceptors (Lipinski definition) is 4. The summed E-state index contributed by atoms with van der Waals surface area (Å²) in [6, 6.07) is 7.11. The van der Waals surface area contributed by atoms with Gasteiger partial charge in [-0.15, -0.1) is 0 Å². The lowest BCUT2D eigenvalue weighted by molar-refractivity contribution is 0.257. The third-order valence-electron chi connectivity index (χ3n) is 2.86. The summed E-state index contributed by atoms with van der Waals surface area (Å²) >= 11 is 0. The molecule has 0 amide bonds. The van der Waals surface area contributed by atoms with Crippen LogP contribution in [0.2, 0.25) is 0 Å². The van der Waals surface area contributed by atoms with Crippen LogP contribution in [0.3, 0.4) is 0 Å². The highest BCUT2D eigenvalue weighted by atomic mass is 16.5. The summed E-state index contributed by atoms with van der Waals surface area (Å²) in [7, 11) is 0. The summed E-state index contributed by atoms with van der Waals surface area (Å²) in [6.07, 6.45) is 1.83. The van der Waals surface area contributed by atoms with Crippen LogP contribution >= 0.6 is 0 Å². The molecule has 0 atom stereocenters. The van der Waals surface area contributed by atoms with Crippen LogP contribution in [0.4, 0.5) is 5.69 Å². The van der Waals surface area contributed by atoms with Gasteiger partial charge in [0.15, 0.2) is 5.75 Å². The molecule has 0 fully saturated rings. The molecule has 0 saturated carbocycles. The Hall–Kier alpha value is -1.97. The van der Waals surface area contributed by atoms with E-state index in [0.29, 0.717) is 24.0 Å². The van der Waals surface area contributed by atoms with Gasteiger partial charge < -0.3 is 14.9 Å². The Bertz CT molecular complexity index is 575. The van der Waals surface area contributed by atoms with E-state index >= 15 is 0 Å². The lowest BCUT2D eigenvalue weighted by Gasteiger charge is -2.12. The highest BCUT2D eigenvalue weighted by Gasteiger charge is 2.08. The monoisotopic (exact) mass is 291 g/mol. The van der Waals surface area contributed by atoms with Gasteiger partial charge in [0, 0.05) is 0 Å². The second-order valence-corrected chi connectivity index (χ2v) is 5.43. The SMILES string of the molecule is CCCc1ccccc(N)c(=O)oc(C)c1OCC(C)C. The Morgan fingerprint density at radius 3 is 2.57 bits per heavy atom. The van der Waals surface area contributed by atoms with Gasteiger partial charge in [-0.1, -0.05) is 45.4 Å². The summed E-state index contributed by atoms with van der Waals surface area (Å²) < 4.78 is 11.2. The molecule has 0 aliphatic rings. The number of ether oxygens (including phenoxy) is 1. The van der Waals surface area contributed by atoms with Gasteiger partial charge in [0.1, 0.15) is 11.4 Å².